The molecule has 6 heteroatoms. The van der Waals surface area contributed by atoms with Crippen LogP contribution in [0.3, 0.4) is 0 Å². The average Bonchev–Trinajstić information content (AvgIpc) is 3.03. The van der Waals surface area contributed by atoms with Crippen LogP contribution in [0.1, 0.15) is 29.5 Å². The molecule has 1 saturated heterocycles. The van der Waals surface area contributed by atoms with Crippen molar-refractivity contribution in [1.29, 1.82) is 0 Å². The summed E-state index contributed by atoms with van der Waals surface area (Å²) in [4.78, 5) is 33.8. The van der Waals surface area contributed by atoms with Gasteiger partial charge in [-0.1, -0.05) is 66.7 Å². The molecule has 0 saturated carbocycles. The van der Waals surface area contributed by atoms with Crippen molar-refractivity contribution >= 4 is 11.8 Å². The maximum Gasteiger partial charge on any atom is 0.242 e. The van der Waals surface area contributed by atoms with Crippen molar-refractivity contribution in [3.8, 4) is 0 Å². The molecule has 3 aromatic rings. The highest BCUT2D eigenvalue weighted by Crippen LogP contribution is 2.16. The van der Waals surface area contributed by atoms with E-state index < -0.39 is 0 Å². The fourth-order valence-corrected chi connectivity index (χ4v) is 4.17. The summed E-state index contributed by atoms with van der Waals surface area (Å²) in [6.45, 7) is 1.82. The third-order valence-corrected chi connectivity index (χ3v) is 6.00. The lowest BCUT2D eigenvalue weighted by molar-refractivity contribution is -0.139. The van der Waals surface area contributed by atoms with Crippen LogP contribution < -0.4 is 0 Å². The van der Waals surface area contributed by atoms with Gasteiger partial charge in [0.15, 0.2) is 0 Å². The SMILES string of the molecule is O=C(CCCc1ccccc1)N1CC(=O)N(Cc2cccnc2)CC(OCc2ccccc2)C1. The van der Waals surface area contributed by atoms with E-state index in [-0.39, 0.29) is 24.5 Å². The monoisotopic (exact) mass is 457 g/mol. The standard InChI is InChI=1S/C28H31N3O3/c32-27(15-7-13-23-9-3-1-4-10-23)31-20-26(34-22-24-11-5-2-6-12-24)19-30(28(33)21-31)18-25-14-8-16-29-17-25/h1-6,8-12,14,16-17,26H,7,13,15,18-22H2. The van der Waals surface area contributed by atoms with Gasteiger partial charge in [0.25, 0.3) is 0 Å². The molecule has 1 atom stereocenters. The molecule has 4 rings (SSSR count). The molecule has 1 aromatic heterocycles. The zero-order valence-electron chi connectivity index (χ0n) is 19.4. The maximum absolute atomic E-state index is 13.1. The van der Waals surface area contributed by atoms with Gasteiger partial charge in [-0.25, -0.2) is 0 Å². The van der Waals surface area contributed by atoms with E-state index in [0.29, 0.717) is 32.7 Å². The largest absolute Gasteiger partial charge is 0.370 e. The summed E-state index contributed by atoms with van der Waals surface area (Å²) in [6.07, 6.45) is 5.23. The zero-order valence-corrected chi connectivity index (χ0v) is 19.4. The number of ether oxygens (including phenoxy) is 1. The molecule has 2 amide bonds. The second-order valence-corrected chi connectivity index (χ2v) is 8.67. The summed E-state index contributed by atoms with van der Waals surface area (Å²) in [7, 11) is 0. The predicted octanol–water partition coefficient (Wildman–Crippen LogP) is 3.86. The molecule has 2 heterocycles. The molecule has 176 valence electrons. The summed E-state index contributed by atoms with van der Waals surface area (Å²) >= 11 is 0. The molecule has 1 aliphatic heterocycles. The normalized spacial score (nSPS) is 16.4. The third kappa shape index (κ3) is 6.99. The van der Waals surface area contributed by atoms with Gasteiger partial charge in [0.05, 0.1) is 19.3 Å². The molecule has 2 aromatic carbocycles. The zero-order chi connectivity index (χ0) is 23.6. The van der Waals surface area contributed by atoms with Gasteiger partial charge in [-0.2, -0.15) is 0 Å². The number of carbonyl (C=O) groups excluding carboxylic acids is 2. The Labute approximate surface area is 201 Å². The van der Waals surface area contributed by atoms with Gasteiger partial charge < -0.3 is 14.5 Å². The molecule has 1 fully saturated rings. The van der Waals surface area contributed by atoms with Crippen molar-refractivity contribution in [3.63, 3.8) is 0 Å². The quantitative estimate of drug-likeness (QED) is 0.490. The van der Waals surface area contributed by atoms with Gasteiger partial charge >= 0.3 is 0 Å². The van der Waals surface area contributed by atoms with Crippen molar-refractivity contribution in [1.82, 2.24) is 14.8 Å². The molecule has 0 radical (unpaired) electrons. The number of nitrogens with zero attached hydrogens (tertiary/aromatic N) is 3. The van der Waals surface area contributed by atoms with Crippen LogP contribution in [-0.2, 0) is 33.9 Å². The minimum atomic E-state index is -0.263. The fourth-order valence-electron chi connectivity index (χ4n) is 4.17. The molecule has 34 heavy (non-hydrogen) atoms. The molecule has 0 bridgehead atoms. The Kier molecular flexibility index (Phi) is 8.41. The number of aryl methyl sites for hydroxylation is 1. The van der Waals surface area contributed by atoms with Crippen LogP contribution in [0.25, 0.3) is 0 Å². The highest BCUT2D eigenvalue weighted by molar-refractivity contribution is 5.85. The maximum atomic E-state index is 13.1. The molecular formula is C28H31N3O3. The van der Waals surface area contributed by atoms with Crippen LogP contribution >= 0.6 is 0 Å². The van der Waals surface area contributed by atoms with Crippen LogP contribution in [0.5, 0.6) is 0 Å². The summed E-state index contributed by atoms with van der Waals surface area (Å²) in [5.41, 5.74) is 3.24. The van der Waals surface area contributed by atoms with Crippen LogP contribution in [0.4, 0.5) is 0 Å². The van der Waals surface area contributed by atoms with Crippen molar-refractivity contribution in [2.24, 2.45) is 0 Å². The van der Waals surface area contributed by atoms with Gasteiger partial charge in [0.1, 0.15) is 0 Å². The number of benzene rings is 2. The summed E-state index contributed by atoms with van der Waals surface area (Å²) in [6, 6.07) is 23.9. The molecule has 0 aliphatic carbocycles. The summed E-state index contributed by atoms with van der Waals surface area (Å²) < 4.78 is 6.22. The molecule has 1 aliphatic rings. The number of hydrogen-bond acceptors (Lipinski definition) is 4. The van der Waals surface area contributed by atoms with Crippen LogP contribution in [0.2, 0.25) is 0 Å². The number of aromatic nitrogens is 1. The molecule has 6 nitrogen and oxygen atoms in total. The number of hydrogen-bond donors (Lipinski definition) is 0. The van der Waals surface area contributed by atoms with E-state index in [1.165, 1.54) is 5.56 Å². The first-order chi connectivity index (χ1) is 16.7. The lowest BCUT2D eigenvalue weighted by Gasteiger charge is -2.25. The molecule has 1 unspecified atom stereocenters. The van der Waals surface area contributed by atoms with E-state index in [1.807, 2.05) is 60.7 Å². The minimum Gasteiger partial charge on any atom is -0.370 e. The topological polar surface area (TPSA) is 62.7 Å². The first-order valence-electron chi connectivity index (χ1n) is 11.8. The summed E-state index contributed by atoms with van der Waals surface area (Å²) in [5, 5.41) is 0. The fraction of sp³-hybridized carbons (Fsp3) is 0.321. The highest BCUT2D eigenvalue weighted by atomic mass is 16.5. The van der Waals surface area contributed by atoms with Crippen molar-refractivity contribution in [2.45, 2.75) is 38.5 Å². The third-order valence-electron chi connectivity index (χ3n) is 6.00. The van der Waals surface area contributed by atoms with E-state index in [0.717, 1.165) is 24.0 Å². The number of pyridine rings is 1. The smallest absolute Gasteiger partial charge is 0.242 e. The van der Waals surface area contributed by atoms with Gasteiger partial charge in [-0.3, -0.25) is 14.6 Å². The van der Waals surface area contributed by atoms with Crippen molar-refractivity contribution in [3.05, 3.63) is 102 Å². The lowest BCUT2D eigenvalue weighted by Crippen LogP contribution is -2.39. The van der Waals surface area contributed by atoms with Crippen LogP contribution in [-0.4, -0.2) is 52.3 Å². The van der Waals surface area contributed by atoms with Gasteiger partial charge in [0, 0.05) is 38.4 Å². The van der Waals surface area contributed by atoms with Crippen molar-refractivity contribution < 1.29 is 14.3 Å². The molecule has 0 N–H and O–H groups in total. The van der Waals surface area contributed by atoms with Crippen LogP contribution in [0, 0.1) is 0 Å². The van der Waals surface area contributed by atoms with E-state index >= 15 is 0 Å². The van der Waals surface area contributed by atoms with E-state index in [4.69, 9.17) is 4.74 Å². The Morgan fingerprint density at radius 1 is 0.912 bits per heavy atom. The number of carbonyl (C=O) groups is 2. The Bertz CT molecular complexity index is 1040. The lowest BCUT2D eigenvalue weighted by atomic mass is 10.1. The van der Waals surface area contributed by atoms with Gasteiger partial charge in [0.2, 0.25) is 11.8 Å². The number of rotatable bonds is 9. The Hall–Kier alpha value is -3.51. The molecule has 0 spiro atoms. The average molecular weight is 458 g/mol. The van der Waals surface area contributed by atoms with E-state index in [1.54, 1.807) is 22.2 Å². The molecular weight excluding hydrogens is 426 g/mol. The van der Waals surface area contributed by atoms with Crippen LogP contribution in [0.15, 0.2) is 85.2 Å². The second kappa shape index (κ2) is 12.1. The number of amides is 2. The Morgan fingerprint density at radius 2 is 1.62 bits per heavy atom. The van der Waals surface area contributed by atoms with Crippen molar-refractivity contribution in [2.75, 3.05) is 19.6 Å². The Balaban J connectivity index is 1.41. The summed E-state index contributed by atoms with van der Waals surface area (Å²) in [5.74, 6) is -0.0631. The minimum absolute atomic E-state index is 0.000759. The first-order valence-corrected chi connectivity index (χ1v) is 11.8. The first kappa shape index (κ1) is 23.6. The van der Waals surface area contributed by atoms with E-state index in [2.05, 4.69) is 17.1 Å². The second-order valence-electron chi connectivity index (χ2n) is 8.67. The Morgan fingerprint density at radius 3 is 2.32 bits per heavy atom. The van der Waals surface area contributed by atoms with E-state index in [9.17, 15) is 9.59 Å². The predicted molar refractivity (Wildman–Crippen MR) is 131 cm³/mol. The highest BCUT2D eigenvalue weighted by Gasteiger charge is 2.30. The van der Waals surface area contributed by atoms with Gasteiger partial charge in [-0.15, -0.1) is 0 Å². The van der Waals surface area contributed by atoms with Gasteiger partial charge in [-0.05, 0) is 35.6 Å².